The number of likely N-dealkylation sites (N-methyl/N-ethyl adjacent to an activating group) is 1. The van der Waals surface area contributed by atoms with Crippen LogP contribution in [0, 0.1) is 0 Å². The van der Waals surface area contributed by atoms with Gasteiger partial charge in [0.2, 0.25) is 5.91 Å². The molecule has 7 heteroatoms. The first-order chi connectivity index (χ1) is 14.3. The SMILES string of the molecule is CN(C(=O)/C=C/c1ccc(C(F)(F)F)cc1)C1CCN(CCc2ccccn2)CC1. The molecule has 0 aliphatic carbocycles. The molecule has 4 nitrogen and oxygen atoms in total. The zero-order chi connectivity index (χ0) is 21.6. The van der Waals surface area contributed by atoms with E-state index in [1.54, 1.807) is 24.2 Å². The Labute approximate surface area is 175 Å². The van der Waals surface area contributed by atoms with Crippen molar-refractivity contribution in [2.45, 2.75) is 31.5 Å². The van der Waals surface area contributed by atoms with Crippen LogP contribution in [-0.2, 0) is 17.4 Å². The van der Waals surface area contributed by atoms with Gasteiger partial charge in [-0.2, -0.15) is 13.2 Å². The minimum atomic E-state index is -4.36. The third-order valence-electron chi connectivity index (χ3n) is 5.52. The number of aromatic nitrogens is 1. The Hall–Kier alpha value is -2.67. The fourth-order valence-corrected chi connectivity index (χ4v) is 3.60. The van der Waals surface area contributed by atoms with Crippen LogP contribution in [0.25, 0.3) is 6.08 Å². The monoisotopic (exact) mass is 417 g/mol. The van der Waals surface area contributed by atoms with Crippen molar-refractivity contribution in [2.75, 3.05) is 26.7 Å². The van der Waals surface area contributed by atoms with Gasteiger partial charge < -0.3 is 9.80 Å². The van der Waals surface area contributed by atoms with E-state index in [-0.39, 0.29) is 11.9 Å². The van der Waals surface area contributed by atoms with Gasteiger partial charge in [-0.1, -0.05) is 18.2 Å². The second-order valence-corrected chi connectivity index (χ2v) is 7.55. The minimum Gasteiger partial charge on any atom is -0.339 e. The molecule has 0 N–H and O–H groups in total. The van der Waals surface area contributed by atoms with Crippen LogP contribution < -0.4 is 0 Å². The lowest BCUT2D eigenvalue weighted by Crippen LogP contribution is -2.45. The number of pyridine rings is 1. The summed E-state index contributed by atoms with van der Waals surface area (Å²) < 4.78 is 37.9. The van der Waals surface area contributed by atoms with E-state index in [0.29, 0.717) is 5.56 Å². The Morgan fingerprint density at radius 1 is 1.17 bits per heavy atom. The van der Waals surface area contributed by atoms with Crippen molar-refractivity contribution in [3.63, 3.8) is 0 Å². The van der Waals surface area contributed by atoms with Crippen molar-refractivity contribution < 1.29 is 18.0 Å². The molecule has 3 rings (SSSR count). The van der Waals surface area contributed by atoms with Gasteiger partial charge in [0.25, 0.3) is 0 Å². The zero-order valence-electron chi connectivity index (χ0n) is 17.0. The molecule has 2 heterocycles. The Bertz CT molecular complexity index is 842. The summed E-state index contributed by atoms with van der Waals surface area (Å²) in [6, 6.07) is 10.9. The summed E-state index contributed by atoms with van der Waals surface area (Å²) in [7, 11) is 1.79. The lowest BCUT2D eigenvalue weighted by atomic mass is 10.0. The van der Waals surface area contributed by atoms with Gasteiger partial charge in [0, 0.05) is 57.1 Å². The van der Waals surface area contributed by atoms with E-state index >= 15 is 0 Å². The quantitative estimate of drug-likeness (QED) is 0.659. The van der Waals surface area contributed by atoms with E-state index in [0.717, 1.165) is 56.7 Å². The molecule has 0 radical (unpaired) electrons. The van der Waals surface area contributed by atoms with Gasteiger partial charge in [0.05, 0.1) is 5.56 Å². The van der Waals surface area contributed by atoms with Crippen molar-refractivity contribution in [3.05, 3.63) is 71.6 Å². The molecule has 0 saturated carbocycles. The van der Waals surface area contributed by atoms with Gasteiger partial charge in [-0.15, -0.1) is 0 Å². The maximum absolute atomic E-state index is 12.6. The Kier molecular flexibility index (Phi) is 7.26. The van der Waals surface area contributed by atoms with Crippen LogP contribution in [0.2, 0.25) is 0 Å². The summed E-state index contributed by atoms with van der Waals surface area (Å²) in [5.74, 6) is -0.137. The molecule has 1 aliphatic heterocycles. The first kappa shape index (κ1) is 22.0. The van der Waals surface area contributed by atoms with Crippen LogP contribution in [0.1, 0.15) is 29.7 Å². The maximum atomic E-state index is 12.6. The number of rotatable bonds is 6. The molecule has 1 aliphatic rings. The van der Waals surface area contributed by atoms with E-state index in [9.17, 15) is 18.0 Å². The molecule has 0 bridgehead atoms. The first-order valence-corrected chi connectivity index (χ1v) is 10.1. The minimum absolute atomic E-state index is 0.137. The highest BCUT2D eigenvalue weighted by Crippen LogP contribution is 2.29. The van der Waals surface area contributed by atoms with Gasteiger partial charge >= 0.3 is 6.18 Å². The van der Waals surface area contributed by atoms with Crippen molar-refractivity contribution in [2.24, 2.45) is 0 Å². The summed E-state index contributed by atoms with van der Waals surface area (Å²) in [5, 5.41) is 0. The third kappa shape index (κ3) is 6.16. The molecule has 1 aromatic heterocycles. The average Bonchev–Trinajstić information content (AvgIpc) is 2.76. The predicted octanol–water partition coefficient (Wildman–Crippen LogP) is 4.28. The molecular formula is C23H26F3N3O. The Morgan fingerprint density at radius 2 is 1.87 bits per heavy atom. The Balaban J connectivity index is 1.45. The molecule has 0 atom stereocenters. The van der Waals surface area contributed by atoms with Gasteiger partial charge in [-0.3, -0.25) is 9.78 Å². The standard InChI is InChI=1S/C23H26F3N3O/c1-28(22(30)10-7-18-5-8-19(9-6-18)23(24,25)26)21-12-16-29(17-13-21)15-11-20-4-2-3-14-27-20/h2-10,14,21H,11-13,15-17H2,1H3/b10-7+. The maximum Gasteiger partial charge on any atom is 0.416 e. The fraction of sp³-hybridized carbons (Fsp3) is 0.391. The van der Waals surface area contributed by atoms with Crippen molar-refractivity contribution in [1.82, 2.24) is 14.8 Å². The number of carbonyl (C=O) groups excluding carboxylic acids is 1. The number of piperidine rings is 1. The number of hydrogen-bond donors (Lipinski definition) is 0. The van der Waals surface area contributed by atoms with Gasteiger partial charge in [0.15, 0.2) is 0 Å². The summed E-state index contributed by atoms with van der Waals surface area (Å²) in [6.07, 6.45) is 3.15. The number of hydrogen-bond acceptors (Lipinski definition) is 3. The van der Waals surface area contributed by atoms with Crippen LogP contribution in [0.15, 0.2) is 54.7 Å². The highest BCUT2D eigenvalue weighted by atomic mass is 19.4. The summed E-state index contributed by atoms with van der Waals surface area (Å²) in [4.78, 5) is 20.9. The lowest BCUT2D eigenvalue weighted by Gasteiger charge is -2.36. The van der Waals surface area contributed by atoms with Gasteiger partial charge in [0.1, 0.15) is 0 Å². The lowest BCUT2D eigenvalue weighted by molar-refractivity contribution is -0.137. The van der Waals surface area contributed by atoms with E-state index in [2.05, 4.69) is 9.88 Å². The third-order valence-corrected chi connectivity index (χ3v) is 5.52. The van der Waals surface area contributed by atoms with Gasteiger partial charge in [-0.05, 0) is 48.7 Å². The number of likely N-dealkylation sites (tertiary alicyclic amines) is 1. The highest BCUT2D eigenvalue weighted by molar-refractivity contribution is 5.91. The normalized spacial score (nSPS) is 16.1. The fourth-order valence-electron chi connectivity index (χ4n) is 3.60. The number of halogens is 3. The van der Waals surface area contributed by atoms with Crippen LogP contribution in [0.4, 0.5) is 13.2 Å². The van der Waals surface area contributed by atoms with Crippen LogP contribution in [0.3, 0.4) is 0 Å². The van der Waals surface area contributed by atoms with E-state index in [4.69, 9.17) is 0 Å². The molecule has 1 saturated heterocycles. The van der Waals surface area contributed by atoms with Crippen LogP contribution in [-0.4, -0.2) is 53.4 Å². The summed E-state index contributed by atoms with van der Waals surface area (Å²) in [5.41, 5.74) is 0.951. The summed E-state index contributed by atoms with van der Waals surface area (Å²) >= 11 is 0. The number of carbonyl (C=O) groups is 1. The Morgan fingerprint density at radius 3 is 2.47 bits per heavy atom. The molecule has 1 aromatic carbocycles. The number of benzene rings is 1. The zero-order valence-corrected chi connectivity index (χ0v) is 17.0. The molecule has 1 fully saturated rings. The van der Waals surface area contributed by atoms with E-state index < -0.39 is 11.7 Å². The van der Waals surface area contributed by atoms with Gasteiger partial charge in [-0.25, -0.2) is 0 Å². The largest absolute Gasteiger partial charge is 0.416 e. The van der Waals surface area contributed by atoms with Crippen LogP contribution in [0.5, 0.6) is 0 Å². The number of nitrogens with zero attached hydrogens (tertiary/aromatic N) is 3. The predicted molar refractivity (Wildman–Crippen MR) is 111 cm³/mol. The second-order valence-electron chi connectivity index (χ2n) is 7.55. The number of amides is 1. The average molecular weight is 417 g/mol. The van der Waals surface area contributed by atoms with Crippen molar-refractivity contribution in [3.8, 4) is 0 Å². The van der Waals surface area contributed by atoms with E-state index in [1.807, 2.05) is 18.2 Å². The molecule has 30 heavy (non-hydrogen) atoms. The first-order valence-electron chi connectivity index (χ1n) is 10.1. The molecule has 1 amide bonds. The number of alkyl halides is 3. The van der Waals surface area contributed by atoms with Crippen molar-refractivity contribution >= 4 is 12.0 Å². The van der Waals surface area contributed by atoms with Crippen LogP contribution >= 0.6 is 0 Å². The highest BCUT2D eigenvalue weighted by Gasteiger charge is 2.30. The molecule has 0 spiro atoms. The van der Waals surface area contributed by atoms with Crippen molar-refractivity contribution in [1.29, 1.82) is 0 Å². The molecule has 2 aromatic rings. The smallest absolute Gasteiger partial charge is 0.339 e. The van der Waals surface area contributed by atoms with E-state index in [1.165, 1.54) is 18.2 Å². The summed E-state index contributed by atoms with van der Waals surface area (Å²) in [6.45, 7) is 2.81. The molecule has 0 unspecified atom stereocenters. The topological polar surface area (TPSA) is 36.4 Å². The second kappa shape index (κ2) is 9.89. The molecular weight excluding hydrogens is 391 g/mol. The molecule has 160 valence electrons.